The van der Waals surface area contributed by atoms with Gasteiger partial charge in [-0.2, -0.15) is 5.26 Å². The van der Waals surface area contributed by atoms with Crippen LogP contribution in [-0.2, 0) is 11.2 Å². The topological polar surface area (TPSA) is 123 Å². The van der Waals surface area contributed by atoms with Gasteiger partial charge < -0.3 is 15.6 Å². The summed E-state index contributed by atoms with van der Waals surface area (Å²) >= 11 is 0. The Morgan fingerprint density at radius 2 is 2.04 bits per heavy atom. The molecule has 0 saturated heterocycles. The Labute approximate surface area is 151 Å². The number of carbonyl (C=O) groups is 2. The second-order valence-corrected chi connectivity index (χ2v) is 5.35. The molecule has 0 aliphatic rings. The molecule has 0 radical (unpaired) electrons. The minimum absolute atomic E-state index is 0.111. The van der Waals surface area contributed by atoms with E-state index in [2.05, 4.69) is 25.9 Å². The van der Waals surface area contributed by atoms with Crippen molar-refractivity contribution in [2.24, 2.45) is 0 Å². The molecule has 0 spiro atoms. The van der Waals surface area contributed by atoms with Gasteiger partial charge in [0.05, 0.1) is 6.33 Å². The van der Waals surface area contributed by atoms with Gasteiger partial charge in [-0.25, -0.2) is 9.78 Å². The van der Waals surface area contributed by atoms with Gasteiger partial charge in [0.15, 0.2) is 0 Å². The molecule has 26 heavy (non-hydrogen) atoms. The Bertz CT molecular complexity index is 806. The molecule has 134 valence electrons. The average molecular weight is 352 g/mol. The lowest BCUT2D eigenvalue weighted by Gasteiger charge is -2.12. The van der Waals surface area contributed by atoms with E-state index in [4.69, 9.17) is 0 Å². The number of nitrogens with one attached hydrogen (secondary N) is 4. The number of aromatic nitrogens is 2. The normalized spacial score (nSPS) is 11.1. The van der Waals surface area contributed by atoms with Crippen molar-refractivity contribution in [3.8, 4) is 6.07 Å². The molecule has 0 aliphatic carbocycles. The number of urea groups is 1. The number of nitrogens with zero attached hydrogens (tertiary/aromatic N) is 2. The number of nitriles is 1. The zero-order valence-corrected chi connectivity index (χ0v) is 14.4. The van der Waals surface area contributed by atoms with E-state index in [0.29, 0.717) is 30.8 Å². The molecule has 0 fully saturated rings. The van der Waals surface area contributed by atoms with Gasteiger partial charge >= 0.3 is 6.03 Å². The number of anilines is 1. The van der Waals surface area contributed by atoms with Gasteiger partial charge in [0.25, 0.3) is 5.91 Å². The van der Waals surface area contributed by atoms with Crippen LogP contribution in [0.3, 0.4) is 0 Å². The minimum atomic E-state index is -0.744. The van der Waals surface area contributed by atoms with E-state index in [1.807, 2.05) is 19.1 Å². The Hall–Kier alpha value is -3.60. The van der Waals surface area contributed by atoms with Crippen LogP contribution in [0.25, 0.3) is 0 Å². The van der Waals surface area contributed by atoms with Gasteiger partial charge in [0.2, 0.25) is 0 Å². The summed E-state index contributed by atoms with van der Waals surface area (Å²) in [6.45, 7) is 2.35. The summed E-state index contributed by atoms with van der Waals surface area (Å²) in [5, 5.41) is 17.1. The van der Waals surface area contributed by atoms with Gasteiger partial charge in [-0.1, -0.05) is 25.1 Å². The van der Waals surface area contributed by atoms with Gasteiger partial charge in [-0.05, 0) is 18.6 Å². The van der Waals surface area contributed by atoms with Crippen molar-refractivity contribution in [2.45, 2.75) is 19.8 Å². The SMILES string of the molecule is CCC(NCCc1cnc[nH]1)=C(C#N)C(=O)NC(=O)Nc1ccccc1. The second kappa shape index (κ2) is 9.64. The highest BCUT2D eigenvalue weighted by Crippen LogP contribution is 2.07. The molecular formula is C18H20N6O2. The summed E-state index contributed by atoms with van der Waals surface area (Å²) in [7, 11) is 0. The number of rotatable bonds is 7. The van der Waals surface area contributed by atoms with Crippen molar-refractivity contribution in [1.82, 2.24) is 20.6 Å². The molecule has 4 N–H and O–H groups in total. The molecule has 0 bridgehead atoms. The molecule has 1 aromatic heterocycles. The minimum Gasteiger partial charge on any atom is -0.387 e. The number of amides is 3. The zero-order valence-electron chi connectivity index (χ0n) is 14.4. The lowest BCUT2D eigenvalue weighted by Crippen LogP contribution is -2.36. The van der Waals surface area contributed by atoms with Gasteiger partial charge in [0, 0.05) is 36.2 Å². The number of hydrogen-bond donors (Lipinski definition) is 4. The van der Waals surface area contributed by atoms with Crippen LogP contribution >= 0.6 is 0 Å². The number of benzene rings is 1. The number of allylic oxidation sites excluding steroid dienone is 1. The second-order valence-electron chi connectivity index (χ2n) is 5.35. The maximum absolute atomic E-state index is 12.3. The lowest BCUT2D eigenvalue weighted by molar-refractivity contribution is -0.116. The number of para-hydroxylation sites is 1. The van der Waals surface area contributed by atoms with E-state index in [1.54, 1.807) is 36.8 Å². The molecule has 8 nitrogen and oxygen atoms in total. The number of hydrogen-bond acceptors (Lipinski definition) is 5. The summed E-state index contributed by atoms with van der Waals surface area (Å²) < 4.78 is 0. The molecule has 2 rings (SSSR count). The summed E-state index contributed by atoms with van der Waals surface area (Å²) in [5.41, 5.74) is 1.86. The number of H-pyrrole nitrogens is 1. The molecule has 1 heterocycles. The van der Waals surface area contributed by atoms with Crippen molar-refractivity contribution in [2.75, 3.05) is 11.9 Å². The largest absolute Gasteiger partial charge is 0.387 e. The number of imide groups is 1. The van der Waals surface area contributed by atoms with Crippen LogP contribution < -0.4 is 16.0 Å². The predicted octanol–water partition coefficient (Wildman–Crippen LogP) is 2.08. The van der Waals surface area contributed by atoms with Crippen molar-refractivity contribution in [3.05, 3.63) is 59.8 Å². The highest BCUT2D eigenvalue weighted by atomic mass is 16.2. The van der Waals surface area contributed by atoms with Gasteiger partial charge in [0.1, 0.15) is 11.6 Å². The Kier molecular flexibility index (Phi) is 6.94. The van der Waals surface area contributed by atoms with Crippen LogP contribution in [0.1, 0.15) is 19.0 Å². The first kappa shape index (κ1) is 18.7. The van der Waals surface area contributed by atoms with Crippen LogP contribution in [0.2, 0.25) is 0 Å². The van der Waals surface area contributed by atoms with E-state index >= 15 is 0 Å². The molecule has 0 saturated carbocycles. The van der Waals surface area contributed by atoms with E-state index in [1.165, 1.54) is 0 Å². The third kappa shape index (κ3) is 5.49. The predicted molar refractivity (Wildman–Crippen MR) is 96.8 cm³/mol. The maximum atomic E-state index is 12.3. The van der Waals surface area contributed by atoms with E-state index < -0.39 is 11.9 Å². The van der Waals surface area contributed by atoms with Crippen LogP contribution in [0, 0.1) is 11.3 Å². The number of aromatic amines is 1. The van der Waals surface area contributed by atoms with Crippen molar-refractivity contribution in [1.29, 1.82) is 5.26 Å². The molecule has 1 aromatic carbocycles. The van der Waals surface area contributed by atoms with Gasteiger partial charge in [-0.3, -0.25) is 10.1 Å². The molecule has 2 aromatic rings. The smallest absolute Gasteiger partial charge is 0.326 e. The third-order valence-corrected chi connectivity index (χ3v) is 3.54. The molecule has 0 unspecified atom stereocenters. The fraction of sp³-hybridized carbons (Fsp3) is 0.222. The molecule has 0 atom stereocenters. The number of imidazole rings is 1. The Morgan fingerprint density at radius 1 is 1.27 bits per heavy atom. The molecular weight excluding hydrogens is 332 g/mol. The van der Waals surface area contributed by atoms with Crippen molar-refractivity contribution in [3.63, 3.8) is 0 Å². The van der Waals surface area contributed by atoms with E-state index in [9.17, 15) is 14.9 Å². The summed E-state index contributed by atoms with van der Waals surface area (Å²) in [6.07, 6.45) is 4.42. The first-order valence-corrected chi connectivity index (χ1v) is 8.15. The maximum Gasteiger partial charge on any atom is 0.326 e. The quantitative estimate of drug-likeness (QED) is 0.449. The zero-order chi connectivity index (χ0) is 18.8. The van der Waals surface area contributed by atoms with Crippen LogP contribution in [0.4, 0.5) is 10.5 Å². The Morgan fingerprint density at radius 3 is 2.65 bits per heavy atom. The van der Waals surface area contributed by atoms with Crippen LogP contribution in [-0.4, -0.2) is 28.5 Å². The van der Waals surface area contributed by atoms with Gasteiger partial charge in [-0.15, -0.1) is 0 Å². The summed E-state index contributed by atoms with van der Waals surface area (Å²) in [5.74, 6) is -0.744. The third-order valence-electron chi connectivity index (χ3n) is 3.54. The van der Waals surface area contributed by atoms with Crippen LogP contribution in [0.5, 0.6) is 0 Å². The molecule has 0 aliphatic heterocycles. The fourth-order valence-corrected chi connectivity index (χ4v) is 2.26. The van der Waals surface area contributed by atoms with Crippen molar-refractivity contribution < 1.29 is 9.59 Å². The molecule has 8 heteroatoms. The first-order chi connectivity index (χ1) is 12.6. The van der Waals surface area contributed by atoms with Crippen LogP contribution in [0.15, 0.2) is 54.1 Å². The van der Waals surface area contributed by atoms with E-state index in [0.717, 1.165) is 5.69 Å². The Balaban J connectivity index is 1.96. The standard InChI is InChI=1S/C18H20N6O2/c1-2-16(21-9-8-14-11-20-12-22-14)15(10-19)17(25)24-18(26)23-13-6-4-3-5-7-13/h3-7,11-12,21H,2,8-9H2,1H3,(H,20,22)(H2,23,24,25,26). The monoisotopic (exact) mass is 352 g/mol. The highest BCUT2D eigenvalue weighted by Gasteiger charge is 2.17. The average Bonchev–Trinajstić information content (AvgIpc) is 3.15. The highest BCUT2D eigenvalue weighted by molar-refractivity contribution is 6.09. The number of carbonyl (C=O) groups excluding carboxylic acids is 2. The summed E-state index contributed by atoms with van der Waals surface area (Å²) in [4.78, 5) is 31.1. The first-order valence-electron chi connectivity index (χ1n) is 8.15. The fourth-order valence-electron chi connectivity index (χ4n) is 2.26. The summed E-state index contributed by atoms with van der Waals surface area (Å²) in [6, 6.07) is 9.90. The molecule has 3 amide bonds. The lowest BCUT2D eigenvalue weighted by atomic mass is 10.1. The van der Waals surface area contributed by atoms with Crippen molar-refractivity contribution >= 4 is 17.6 Å². The van der Waals surface area contributed by atoms with E-state index in [-0.39, 0.29) is 5.57 Å².